The lowest BCUT2D eigenvalue weighted by Gasteiger charge is -2.44. The highest BCUT2D eigenvalue weighted by Crippen LogP contribution is 2.31. The maximum Gasteiger partial charge on any atom is 0.414 e. The Labute approximate surface area is 304 Å². The highest BCUT2D eigenvalue weighted by atomic mass is 19.1. The predicted octanol–water partition coefficient (Wildman–Crippen LogP) is 7.04. The van der Waals surface area contributed by atoms with Crippen LogP contribution in [0.25, 0.3) is 10.9 Å². The molecule has 2 bridgehead atoms. The van der Waals surface area contributed by atoms with Crippen molar-refractivity contribution in [3.05, 3.63) is 100 Å². The lowest BCUT2D eigenvalue weighted by Crippen LogP contribution is -2.53. The minimum absolute atomic E-state index is 0.0162. The number of carbonyl (C=O) groups is 1. The Morgan fingerprint density at radius 1 is 0.962 bits per heavy atom. The van der Waals surface area contributed by atoms with Crippen molar-refractivity contribution in [3.8, 4) is 11.5 Å². The monoisotopic (exact) mass is 714 g/mol. The summed E-state index contributed by atoms with van der Waals surface area (Å²) in [5.41, 5.74) is 2.20. The molecule has 4 N–H and O–H groups in total. The molecular weight excluding hydrogens is 663 g/mol. The number of hydrogen-bond donors (Lipinski definition) is 4. The number of halogens is 1. The molecule has 11 heteroatoms. The fraction of sp³-hybridized carbons (Fsp3) is 0.463. The highest BCUT2D eigenvalue weighted by Gasteiger charge is 2.37. The van der Waals surface area contributed by atoms with E-state index in [1.807, 2.05) is 24.3 Å². The molecule has 1 amide bonds. The number of hydrogen-bond acceptors (Lipinski definition) is 8. The van der Waals surface area contributed by atoms with E-state index in [1.165, 1.54) is 24.3 Å². The van der Waals surface area contributed by atoms with E-state index >= 15 is 0 Å². The summed E-state index contributed by atoms with van der Waals surface area (Å²) in [6.45, 7) is 5.00. The van der Waals surface area contributed by atoms with E-state index in [4.69, 9.17) is 9.47 Å². The zero-order valence-electron chi connectivity index (χ0n) is 29.8. The zero-order chi connectivity index (χ0) is 36.3. The van der Waals surface area contributed by atoms with Gasteiger partial charge in [0.1, 0.15) is 23.4 Å². The largest absolute Gasteiger partial charge is 0.506 e. The number of phenolic OH excluding ortho intramolecular Hbond substituents is 1. The number of nitrogens with zero attached hydrogens (tertiary/aromatic N) is 2. The standard InChI is InChI=1S/C41H51FN4O6/c42-31-11-13-32(14-12-31)46(41(50)52-38-28-45-22-19-30(38)20-23-45)27-29-9-8-10-33(25-29)51-24-7-5-3-1-2-4-6-21-43-26-37(48)34-15-17-36(47)40-35(34)16-18-39(49)44-40/h8-18,25,30,37-38,43,47-48H,1-7,19-24,26-28H2,(H,44,49)/t37-,38+/m0/s1. The molecule has 278 valence electrons. The van der Waals surface area contributed by atoms with Crippen LogP contribution in [-0.4, -0.2) is 71.6 Å². The molecule has 3 aromatic carbocycles. The predicted molar refractivity (Wildman–Crippen MR) is 200 cm³/mol. The number of anilines is 1. The average Bonchev–Trinajstić information content (AvgIpc) is 3.15. The van der Waals surface area contributed by atoms with Crippen LogP contribution < -0.4 is 20.5 Å². The van der Waals surface area contributed by atoms with Gasteiger partial charge in [-0.1, -0.05) is 50.3 Å². The van der Waals surface area contributed by atoms with Gasteiger partial charge in [-0.05, 0) is 111 Å². The number of aromatic nitrogens is 1. The van der Waals surface area contributed by atoms with Gasteiger partial charge in [0.05, 0.1) is 24.8 Å². The SMILES string of the molecule is O=C(O[C@@H]1CN2CCC1CC2)N(Cc1cccc(OCCCCCCCCCNC[C@H](O)c2ccc(O)c3[nH]c(=O)ccc23)c1)c1ccc(F)cc1. The van der Waals surface area contributed by atoms with Crippen LogP contribution in [0.3, 0.4) is 0 Å². The summed E-state index contributed by atoms with van der Waals surface area (Å²) in [6, 6.07) is 19.9. The molecule has 3 fully saturated rings. The maximum atomic E-state index is 13.7. The quantitative estimate of drug-likeness (QED) is 0.0809. The Balaban J connectivity index is 0.861. The first-order valence-electron chi connectivity index (χ1n) is 18.8. The number of unbranched alkanes of at least 4 members (excludes halogenated alkanes) is 6. The van der Waals surface area contributed by atoms with Crippen LogP contribution >= 0.6 is 0 Å². The number of carbonyl (C=O) groups excluding carboxylic acids is 1. The van der Waals surface area contributed by atoms with Gasteiger partial charge in [0, 0.05) is 30.2 Å². The molecule has 7 rings (SSSR count). The van der Waals surface area contributed by atoms with Gasteiger partial charge in [0.15, 0.2) is 0 Å². The van der Waals surface area contributed by atoms with Crippen molar-refractivity contribution < 1.29 is 28.9 Å². The van der Waals surface area contributed by atoms with Gasteiger partial charge < -0.3 is 30.0 Å². The summed E-state index contributed by atoms with van der Waals surface area (Å²) in [5.74, 6) is 0.784. The van der Waals surface area contributed by atoms with Gasteiger partial charge in [-0.3, -0.25) is 14.6 Å². The van der Waals surface area contributed by atoms with Crippen LogP contribution in [0.5, 0.6) is 11.5 Å². The van der Waals surface area contributed by atoms with Crippen molar-refractivity contribution >= 4 is 22.7 Å². The highest BCUT2D eigenvalue weighted by molar-refractivity contribution is 5.88. The minimum atomic E-state index is -0.752. The van der Waals surface area contributed by atoms with Gasteiger partial charge >= 0.3 is 6.09 Å². The van der Waals surface area contributed by atoms with E-state index in [0.29, 0.717) is 41.2 Å². The van der Waals surface area contributed by atoms with Gasteiger partial charge in [0.2, 0.25) is 5.56 Å². The number of rotatable bonds is 18. The summed E-state index contributed by atoms with van der Waals surface area (Å²) in [5, 5.41) is 24.7. The van der Waals surface area contributed by atoms with E-state index in [2.05, 4.69) is 15.2 Å². The number of amides is 1. The second-order valence-corrected chi connectivity index (χ2v) is 14.1. The molecule has 0 saturated carbocycles. The van der Waals surface area contributed by atoms with E-state index in [1.54, 1.807) is 29.2 Å². The van der Waals surface area contributed by atoms with Crippen molar-refractivity contribution in [2.24, 2.45) is 5.92 Å². The molecule has 0 aliphatic carbocycles. The fourth-order valence-corrected chi connectivity index (χ4v) is 7.36. The molecular formula is C41H51FN4O6. The molecule has 1 aromatic heterocycles. The number of aliphatic hydroxyl groups is 1. The van der Waals surface area contributed by atoms with E-state index in [-0.39, 0.29) is 29.8 Å². The molecule has 4 heterocycles. The van der Waals surface area contributed by atoms with Gasteiger partial charge in [0.25, 0.3) is 0 Å². The van der Waals surface area contributed by atoms with Crippen LogP contribution in [0.1, 0.15) is 75.0 Å². The van der Waals surface area contributed by atoms with Crippen LogP contribution in [0.4, 0.5) is 14.9 Å². The summed E-state index contributed by atoms with van der Waals surface area (Å²) < 4.78 is 25.9. The minimum Gasteiger partial charge on any atom is -0.506 e. The topological polar surface area (TPSA) is 127 Å². The number of aromatic amines is 1. The molecule has 2 atom stereocenters. The van der Waals surface area contributed by atoms with Gasteiger partial charge in [-0.2, -0.15) is 0 Å². The molecule has 4 aromatic rings. The zero-order valence-corrected chi connectivity index (χ0v) is 29.8. The number of nitrogens with one attached hydrogen (secondary N) is 2. The number of benzene rings is 3. The van der Waals surface area contributed by atoms with Crippen molar-refractivity contribution in [1.82, 2.24) is 15.2 Å². The molecule has 3 saturated heterocycles. The third kappa shape index (κ3) is 10.1. The number of H-pyrrole nitrogens is 1. The van der Waals surface area contributed by atoms with Crippen molar-refractivity contribution in [3.63, 3.8) is 0 Å². The molecule has 10 nitrogen and oxygen atoms in total. The third-order valence-corrected chi connectivity index (χ3v) is 10.3. The van der Waals surface area contributed by atoms with Crippen molar-refractivity contribution in [2.45, 2.75) is 76.5 Å². The average molecular weight is 715 g/mol. The van der Waals surface area contributed by atoms with E-state index < -0.39 is 12.2 Å². The molecule has 0 radical (unpaired) electrons. The summed E-state index contributed by atoms with van der Waals surface area (Å²) >= 11 is 0. The van der Waals surface area contributed by atoms with Crippen LogP contribution in [0.15, 0.2) is 77.6 Å². The van der Waals surface area contributed by atoms with Crippen LogP contribution in [-0.2, 0) is 11.3 Å². The van der Waals surface area contributed by atoms with E-state index in [0.717, 1.165) is 95.3 Å². The smallest absolute Gasteiger partial charge is 0.414 e. The maximum absolute atomic E-state index is 13.7. The Morgan fingerprint density at radius 2 is 1.71 bits per heavy atom. The second-order valence-electron chi connectivity index (χ2n) is 14.1. The molecule has 0 unspecified atom stereocenters. The lowest BCUT2D eigenvalue weighted by molar-refractivity contribution is -0.0311. The van der Waals surface area contributed by atoms with Gasteiger partial charge in [-0.25, -0.2) is 9.18 Å². The summed E-state index contributed by atoms with van der Waals surface area (Å²) in [6.07, 6.45) is 8.43. The molecule has 0 spiro atoms. The summed E-state index contributed by atoms with van der Waals surface area (Å²) in [4.78, 5) is 31.7. The Morgan fingerprint density at radius 3 is 2.46 bits per heavy atom. The lowest BCUT2D eigenvalue weighted by atomic mass is 9.86. The normalized spacial score (nSPS) is 18.7. The van der Waals surface area contributed by atoms with E-state index in [9.17, 15) is 24.2 Å². The van der Waals surface area contributed by atoms with Crippen molar-refractivity contribution in [2.75, 3.05) is 44.2 Å². The molecule has 3 aliphatic heterocycles. The third-order valence-electron chi connectivity index (χ3n) is 10.3. The number of fused-ring (bicyclic) bond motifs is 4. The molecule has 52 heavy (non-hydrogen) atoms. The Kier molecular flexibility index (Phi) is 13.2. The van der Waals surface area contributed by atoms with Crippen LogP contribution in [0.2, 0.25) is 0 Å². The summed E-state index contributed by atoms with van der Waals surface area (Å²) in [7, 11) is 0. The Bertz CT molecular complexity index is 1810. The number of aromatic hydroxyl groups is 1. The second kappa shape index (κ2) is 18.3. The number of pyridine rings is 1. The Hall–Kier alpha value is -4.45. The number of phenols is 1. The van der Waals surface area contributed by atoms with Crippen LogP contribution in [0, 0.1) is 11.7 Å². The first-order chi connectivity index (χ1) is 25.3. The fourth-order valence-electron chi connectivity index (χ4n) is 7.36. The number of piperidine rings is 3. The van der Waals surface area contributed by atoms with Crippen molar-refractivity contribution in [1.29, 1.82) is 0 Å². The molecule has 3 aliphatic rings. The number of ether oxygens (including phenoxy) is 2. The first kappa shape index (κ1) is 37.3. The van der Waals surface area contributed by atoms with Gasteiger partial charge in [-0.15, -0.1) is 0 Å². The first-order valence-corrected chi connectivity index (χ1v) is 18.8. The number of aliphatic hydroxyl groups excluding tert-OH is 1.